The van der Waals surface area contributed by atoms with Gasteiger partial charge in [-0.05, 0) is 31.9 Å². The number of nitrogens with zero attached hydrogens (tertiary/aromatic N) is 2. The minimum Gasteiger partial charge on any atom is -0.461 e. The Bertz CT molecular complexity index is 878. The third-order valence-corrected chi connectivity index (χ3v) is 4.12. The average molecular weight is 310 g/mol. The predicted octanol–water partition coefficient (Wildman–Crippen LogP) is 4.51. The summed E-state index contributed by atoms with van der Waals surface area (Å²) in [4.78, 5) is 16.8. The summed E-state index contributed by atoms with van der Waals surface area (Å²) in [6, 6.07) is 10.2. The van der Waals surface area contributed by atoms with Gasteiger partial charge in [0.25, 0.3) is 0 Å². The number of fused-ring (bicyclic) bond motifs is 3. The fourth-order valence-corrected chi connectivity index (χ4v) is 3.14. The van der Waals surface area contributed by atoms with Crippen LogP contribution in [-0.2, 0) is 11.3 Å². The topological polar surface area (TPSA) is 44.1 Å². The van der Waals surface area contributed by atoms with Crippen molar-refractivity contribution in [1.29, 1.82) is 0 Å². The molecule has 2 aromatic heterocycles. The molecule has 0 saturated heterocycles. The first-order valence-electron chi connectivity index (χ1n) is 8.17. The second kappa shape index (κ2) is 6.03. The van der Waals surface area contributed by atoms with Crippen molar-refractivity contribution >= 4 is 27.8 Å². The van der Waals surface area contributed by atoms with E-state index in [4.69, 9.17) is 4.74 Å². The molecule has 0 atom stereocenters. The van der Waals surface area contributed by atoms with Gasteiger partial charge in [0.05, 0.1) is 17.8 Å². The number of benzene rings is 1. The number of aryl methyl sites for hydroxylation is 1. The standard InChI is InChI=1S/C19H22N2O2/c1-5-21-16-10-8-7-9-13(16)14-11-15(19(22)23-6-2)20-17(12(3)4)18(14)21/h7-12H,5-6H2,1-4H3. The van der Waals surface area contributed by atoms with Crippen LogP contribution in [0, 0.1) is 0 Å². The zero-order valence-electron chi connectivity index (χ0n) is 14.1. The summed E-state index contributed by atoms with van der Waals surface area (Å²) in [5.41, 5.74) is 3.64. The molecule has 0 aliphatic carbocycles. The van der Waals surface area contributed by atoms with E-state index < -0.39 is 0 Å². The van der Waals surface area contributed by atoms with Crippen LogP contribution >= 0.6 is 0 Å². The monoisotopic (exact) mass is 310 g/mol. The summed E-state index contributed by atoms with van der Waals surface area (Å²) < 4.78 is 7.43. The number of hydrogen-bond donors (Lipinski definition) is 0. The van der Waals surface area contributed by atoms with Crippen molar-refractivity contribution < 1.29 is 9.53 Å². The highest BCUT2D eigenvalue weighted by atomic mass is 16.5. The van der Waals surface area contributed by atoms with Crippen LogP contribution in [0.4, 0.5) is 0 Å². The Morgan fingerprint density at radius 1 is 1.22 bits per heavy atom. The SMILES string of the molecule is CCOC(=O)c1cc2c3ccccc3n(CC)c2c(C(C)C)n1. The number of carbonyl (C=O) groups excluding carboxylic acids is 1. The van der Waals surface area contributed by atoms with Gasteiger partial charge in [-0.15, -0.1) is 0 Å². The maximum atomic E-state index is 12.2. The number of hydrogen-bond acceptors (Lipinski definition) is 3. The molecule has 4 heteroatoms. The molecule has 120 valence electrons. The lowest BCUT2D eigenvalue weighted by Gasteiger charge is -2.12. The first kappa shape index (κ1) is 15.5. The largest absolute Gasteiger partial charge is 0.461 e. The molecule has 0 bridgehead atoms. The van der Waals surface area contributed by atoms with E-state index in [1.54, 1.807) is 0 Å². The molecule has 0 amide bonds. The Hall–Kier alpha value is -2.36. The molecule has 0 fully saturated rings. The Balaban J connectivity index is 2.42. The molecule has 0 aliphatic rings. The molecule has 0 unspecified atom stereocenters. The number of esters is 1. The van der Waals surface area contributed by atoms with Gasteiger partial charge in [-0.2, -0.15) is 0 Å². The lowest BCUT2D eigenvalue weighted by Crippen LogP contribution is -2.10. The summed E-state index contributed by atoms with van der Waals surface area (Å²) in [6.07, 6.45) is 0. The van der Waals surface area contributed by atoms with E-state index in [-0.39, 0.29) is 11.9 Å². The van der Waals surface area contributed by atoms with Gasteiger partial charge >= 0.3 is 5.97 Å². The van der Waals surface area contributed by atoms with Gasteiger partial charge in [-0.3, -0.25) is 0 Å². The molecule has 0 N–H and O–H groups in total. The fraction of sp³-hybridized carbons (Fsp3) is 0.368. The molecule has 0 spiro atoms. The second-order valence-corrected chi connectivity index (χ2v) is 5.93. The van der Waals surface area contributed by atoms with Gasteiger partial charge in [-0.25, -0.2) is 9.78 Å². The number of rotatable bonds is 4. The van der Waals surface area contributed by atoms with E-state index >= 15 is 0 Å². The number of para-hydroxylation sites is 1. The molecule has 3 rings (SSSR count). The van der Waals surface area contributed by atoms with Crippen molar-refractivity contribution in [2.24, 2.45) is 0 Å². The van der Waals surface area contributed by atoms with Crippen molar-refractivity contribution in [2.45, 2.75) is 40.2 Å². The highest BCUT2D eigenvalue weighted by Gasteiger charge is 2.20. The van der Waals surface area contributed by atoms with Crippen LogP contribution in [0.15, 0.2) is 30.3 Å². The summed E-state index contributed by atoms with van der Waals surface area (Å²) in [6.45, 7) is 9.37. The number of carbonyl (C=O) groups is 1. The van der Waals surface area contributed by atoms with E-state index in [0.717, 1.165) is 28.5 Å². The van der Waals surface area contributed by atoms with E-state index in [9.17, 15) is 4.79 Å². The van der Waals surface area contributed by atoms with Crippen molar-refractivity contribution in [1.82, 2.24) is 9.55 Å². The van der Waals surface area contributed by atoms with Gasteiger partial charge in [0.2, 0.25) is 0 Å². The van der Waals surface area contributed by atoms with Crippen LogP contribution in [-0.4, -0.2) is 22.1 Å². The second-order valence-electron chi connectivity index (χ2n) is 5.93. The summed E-state index contributed by atoms with van der Waals surface area (Å²) in [5.74, 6) is -0.133. The van der Waals surface area contributed by atoms with Gasteiger partial charge in [0.15, 0.2) is 0 Å². The molecular weight excluding hydrogens is 288 g/mol. The Morgan fingerprint density at radius 3 is 2.61 bits per heavy atom. The van der Waals surface area contributed by atoms with Gasteiger partial charge in [0.1, 0.15) is 5.69 Å². The quantitative estimate of drug-likeness (QED) is 0.666. The molecular formula is C19H22N2O2. The maximum absolute atomic E-state index is 12.2. The van der Waals surface area contributed by atoms with E-state index in [0.29, 0.717) is 12.3 Å². The molecule has 1 aromatic carbocycles. The summed E-state index contributed by atoms with van der Waals surface area (Å²) >= 11 is 0. The van der Waals surface area contributed by atoms with E-state index in [1.165, 1.54) is 5.52 Å². The van der Waals surface area contributed by atoms with Crippen molar-refractivity contribution in [2.75, 3.05) is 6.61 Å². The highest BCUT2D eigenvalue weighted by Crippen LogP contribution is 2.33. The fourth-order valence-electron chi connectivity index (χ4n) is 3.14. The molecule has 3 aromatic rings. The minimum atomic E-state index is -0.357. The van der Waals surface area contributed by atoms with Gasteiger partial charge < -0.3 is 9.30 Å². The molecule has 4 nitrogen and oxygen atoms in total. The Kier molecular flexibility index (Phi) is 4.07. The van der Waals surface area contributed by atoms with Crippen molar-refractivity contribution in [3.63, 3.8) is 0 Å². The number of aromatic nitrogens is 2. The Labute approximate surface area is 136 Å². The molecule has 0 radical (unpaired) electrons. The predicted molar refractivity (Wildman–Crippen MR) is 93.0 cm³/mol. The number of pyridine rings is 1. The van der Waals surface area contributed by atoms with Crippen LogP contribution in [0.3, 0.4) is 0 Å². The Morgan fingerprint density at radius 2 is 1.96 bits per heavy atom. The van der Waals surface area contributed by atoms with Crippen LogP contribution < -0.4 is 0 Å². The summed E-state index contributed by atoms with van der Waals surface area (Å²) in [7, 11) is 0. The van der Waals surface area contributed by atoms with Gasteiger partial charge in [-0.1, -0.05) is 32.0 Å². The van der Waals surface area contributed by atoms with Crippen LogP contribution in [0.2, 0.25) is 0 Å². The van der Waals surface area contributed by atoms with Crippen LogP contribution in [0.1, 0.15) is 49.8 Å². The first-order valence-corrected chi connectivity index (χ1v) is 8.17. The molecule has 2 heterocycles. The summed E-state index contributed by atoms with van der Waals surface area (Å²) in [5, 5.41) is 2.23. The van der Waals surface area contributed by atoms with Crippen molar-refractivity contribution in [3.8, 4) is 0 Å². The minimum absolute atomic E-state index is 0.224. The van der Waals surface area contributed by atoms with Crippen LogP contribution in [0.5, 0.6) is 0 Å². The normalized spacial score (nSPS) is 11.5. The third kappa shape index (κ3) is 2.48. The highest BCUT2D eigenvalue weighted by molar-refractivity contribution is 6.10. The number of ether oxygens (including phenoxy) is 1. The average Bonchev–Trinajstić information content (AvgIpc) is 2.87. The van der Waals surface area contributed by atoms with E-state index in [2.05, 4.69) is 42.5 Å². The lowest BCUT2D eigenvalue weighted by molar-refractivity contribution is 0.0519. The van der Waals surface area contributed by atoms with Crippen LogP contribution in [0.25, 0.3) is 21.8 Å². The zero-order valence-corrected chi connectivity index (χ0v) is 14.1. The molecule has 0 saturated carbocycles. The molecule has 23 heavy (non-hydrogen) atoms. The van der Waals surface area contributed by atoms with Crippen molar-refractivity contribution in [3.05, 3.63) is 41.7 Å². The lowest BCUT2D eigenvalue weighted by atomic mass is 10.0. The third-order valence-electron chi connectivity index (χ3n) is 4.12. The maximum Gasteiger partial charge on any atom is 0.356 e. The molecule has 0 aliphatic heterocycles. The smallest absolute Gasteiger partial charge is 0.356 e. The van der Waals surface area contributed by atoms with E-state index in [1.807, 2.05) is 25.1 Å². The van der Waals surface area contributed by atoms with Gasteiger partial charge in [0, 0.05) is 22.8 Å². The first-order chi connectivity index (χ1) is 11.1. The zero-order chi connectivity index (χ0) is 16.6.